The van der Waals surface area contributed by atoms with Crippen molar-refractivity contribution in [2.75, 3.05) is 5.88 Å². The molecular weight excluding hydrogens is 223 g/mol. The Labute approximate surface area is 90.0 Å². The topological polar surface area (TPSA) is 45.8 Å². The van der Waals surface area contributed by atoms with Crippen LogP contribution < -0.4 is 0 Å². The van der Waals surface area contributed by atoms with Gasteiger partial charge in [-0.15, -0.1) is 11.6 Å². The maximum absolute atomic E-state index is 11.4. The van der Waals surface area contributed by atoms with Crippen LogP contribution >= 0.6 is 23.2 Å². The first-order chi connectivity index (χ1) is 6.74. The van der Waals surface area contributed by atoms with Gasteiger partial charge >= 0.3 is 0 Å². The van der Waals surface area contributed by atoms with Crippen molar-refractivity contribution in [3.05, 3.63) is 29.0 Å². The lowest BCUT2D eigenvalue weighted by Crippen LogP contribution is -1.98. The molecule has 0 atom stereocenters. The van der Waals surface area contributed by atoms with E-state index in [1.807, 2.05) is 0 Å². The number of aromatic nitrogens is 2. The number of hydrogen-bond donors (Lipinski definition) is 1. The van der Waals surface area contributed by atoms with E-state index in [0.29, 0.717) is 21.6 Å². The van der Waals surface area contributed by atoms with Crippen LogP contribution in [0.1, 0.15) is 10.4 Å². The average molecular weight is 229 g/mol. The second-order valence-electron chi connectivity index (χ2n) is 2.78. The van der Waals surface area contributed by atoms with Gasteiger partial charge in [0.1, 0.15) is 5.65 Å². The highest BCUT2D eigenvalue weighted by atomic mass is 35.5. The molecular formula is C9H6Cl2N2O. The molecule has 1 N–H and O–H groups in total. The number of pyridine rings is 1. The van der Waals surface area contributed by atoms with Crippen molar-refractivity contribution in [1.82, 2.24) is 9.97 Å². The minimum Gasteiger partial charge on any atom is -0.345 e. The molecule has 0 aromatic carbocycles. The third-order valence-corrected chi connectivity index (χ3v) is 2.50. The number of carbonyl (C=O) groups is 1. The second kappa shape index (κ2) is 3.59. The molecule has 0 aliphatic heterocycles. The zero-order chi connectivity index (χ0) is 10.1. The van der Waals surface area contributed by atoms with Gasteiger partial charge in [0, 0.05) is 23.3 Å². The van der Waals surface area contributed by atoms with Crippen LogP contribution in [0, 0.1) is 0 Å². The summed E-state index contributed by atoms with van der Waals surface area (Å²) in [6, 6.07) is 1.64. The number of hydrogen-bond acceptors (Lipinski definition) is 2. The second-order valence-corrected chi connectivity index (χ2v) is 3.45. The SMILES string of the molecule is O=C(CCl)c1c[nH]c2nccc(Cl)c12. The summed E-state index contributed by atoms with van der Waals surface area (Å²) >= 11 is 11.4. The molecule has 2 heterocycles. The van der Waals surface area contributed by atoms with Gasteiger partial charge in [0.15, 0.2) is 5.78 Å². The summed E-state index contributed by atoms with van der Waals surface area (Å²) in [6.07, 6.45) is 3.16. The van der Waals surface area contributed by atoms with Crippen LogP contribution in [0.3, 0.4) is 0 Å². The minimum atomic E-state index is -0.159. The summed E-state index contributed by atoms with van der Waals surface area (Å²) in [7, 11) is 0. The van der Waals surface area contributed by atoms with Crippen molar-refractivity contribution < 1.29 is 4.79 Å². The molecule has 2 aromatic rings. The van der Waals surface area contributed by atoms with Crippen LogP contribution in [-0.4, -0.2) is 21.6 Å². The zero-order valence-electron chi connectivity index (χ0n) is 7.05. The molecule has 0 spiro atoms. The van der Waals surface area contributed by atoms with Crippen LogP contribution in [0.4, 0.5) is 0 Å². The van der Waals surface area contributed by atoms with Gasteiger partial charge in [-0.1, -0.05) is 11.6 Å². The van der Waals surface area contributed by atoms with E-state index in [2.05, 4.69) is 9.97 Å². The zero-order valence-corrected chi connectivity index (χ0v) is 8.56. The molecule has 0 saturated carbocycles. The van der Waals surface area contributed by atoms with E-state index in [9.17, 15) is 4.79 Å². The summed E-state index contributed by atoms with van der Waals surface area (Å²) in [5.41, 5.74) is 1.10. The highest BCUT2D eigenvalue weighted by Crippen LogP contribution is 2.25. The van der Waals surface area contributed by atoms with Gasteiger partial charge in [-0.25, -0.2) is 4.98 Å². The summed E-state index contributed by atoms with van der Waals surface area (Å²) in [4.78, 5) is 18.3. The predicted octanol–water partition coefficient (Wildman–Crippen LogP) is 2.64. The molecule has 0 unspecified atom stereocenters. The molecule has 72 valence electrons. The number of aromatic amines is 1. The van der Waals surface area contributed by atoms with E-state index in [-0.39, 0.29) is 11.7 Å². The first-order valence-electron chi connectivity index (χ1n) is 3.95. The van der Waals surface area contributed by atoms with Crippen LogP contribution in [0.25, 0.3) is 11.0 Å². The summed E-state index contributed by atoms with van der Waals surface area (Å²) < 4.78 is 0. The summed E-state index contributed by atoms with van der Waals surface area (Å²) in [6.45, 7) is 0. The van der Waals surface area contributed by atoms with E-state index in [1.165, 1.54) is 0 Å². The molecule has 0 fully saturated rings. The van der Waals surface area contributed by atoms with Crippen molar-refractivity contribution in [1.29, 1.82) is 0 Å². The van der Waals surface area contributed by atoms with Gasteiger partial charge in [0.2, 0.25) is 0 Å². The number of nitrogens with zero attached hydrogens (tertiary/aromatic N) is 1. The fourth-order valence-corrected chi connectivity index (χ4v) is 1.70. The Morgan fingerprint density at radius 2 is 2.36 bits per heavy atom. The average Bonchev–Trinajstić information content (AvgIpc) is 2.62. The molecule has 3 nitrogen and oxygen atoms in total. The fraction of sp³-hybridized carbons (Fsp3) is 0.111. The number of alkyl halides is 1. The van der Waals surface area contributed by atoms with E-state index in [0.717, 1.165) is 0 Å². The first kappa shape index (κ1) is 9.49. The Kier molecular flexibility index (Phi) is 2.44. The van der Waals surface area contributed by atoms with Crippen molar-refractivity contribution in [2.45, 2.75) is 0 Å². The summed E-state index contributed by atoms with van der Waals surface area (Å²) in [5.74, 6) is -0.217. The van der Waals surface area contributed by atoms with Crippen LogP contribution in [0.2, 0.25) is 5.02 Å². The number of Topliss-reactive ketones (excluding diaryl/α,β-unsaturated/α-hetero) is 1. The maximum Gasteiger partial charge on any atom is 0.179 e. The molecule has 0 aliphatic carbocycles. The number of rotatable bonds is 2. The van der Waals surface area contributed by atoms with E-state index < -0.39 is 0 Å². The number of H-pyrrole nitrogens is 1. The van der Waals surface area contributed by atoms with E-state index in [4.69, 9.17) is 23.2 Å². The standard InChI is InChI=1S/C9H6Cl2N2O/c10-3-7(14)5-4-13-9-8(5)6(11)1-2-12-9/h1-2,4H,3H2,(H,12,13). The van der Waals surface area contributed by atoms with Crippen LogP contribution in [-0.2, 0) is 0 Å². The Balaban J connectivity index is 2.73. The number of nitrogens with one attached hydrogen (secondary N) is 1. The van der Waals surface area contributed by atoms with Gasteiger partial charge in [0.25, 0.3) is 0 Å². The predicted molar refractivity (Wildman–Crippen MR) is 56.2 cm³/mol. The third kappa shape index (κ3) is 1.38. The number of ketones is 1. The fourth-order valence-electron chi connectivity index (χ4n) is 1.31. The minimum absolute atomic E-state index is 0.0574. The Morgan fingerprint density at radius 1 is 1.57 bits per heavy atom. The highest BCUT2D eigenvalue weighted by molar-refractivity contribution is 6.38. The molecule has 5 heteroatoms. The normalized spacial score (nSPS) is 10.7. The highest BCUT2D eigenvalue weighted by Gasteiger charge is 2.13. The van der Waals surface area contributed by atoms with Crippen molar-refractivity contribution in [2.24, 2.45) is 0 Å². The Morgan fingerprint density at radius 3 is 3.07 bits per heavy atom. The molecule has 0 bridgehead atoms. The van der Waals surface area contributed by atoms with Crippen LogP contribution in [0.5, 0.6) is 0 Å². The monoisotopic (exact) mass is 228 g/mol. The Bertz CT molecular complexity index is 493. The van der Waals surface area contributed by atoms with Gasteiger partial charge in [-0.3, -0.25) is 4.79 Å². The molecule has 0 aliphatic rings. The lowest BCUT2D eigenvalue weighted by atomic mass is 10.1. The van der Waals surface area contributed by atoms with Crippen molar-refractivity contribution in [3.8, 4) is 0 Å². The lowest BCUT2D eigenvalue weighted by molar-refractivity contribution is 0.102. The number of fused-ring (bicyclic) bond motifs is 1. The van der Waals surface area contributed by atoms with Gasteiger partial charge in [0.05, 0.1) is 10.9 Å². The van der Waals surface area contributed by atoms with Gasteiger partial charge in [-0.2, -0.15) is 0 Å². The largest absolute Gasteiger partial charge is 0.345 e. The van der Waals surface area contributed by atoms with E-state index in [1.54, 1.807) is 18.5 Å². The molecule has 0 amide bonds. The number of carbonyl (C=O) groups excluding carboxylic acids is 1. The van der Waals surface area contributed by atoms with Crippen LogP contribution in [0.15, 0.2) is 18.5 Å². The van der Waals surface area contributed by atoms with E-state index >= 15 is 0 Å². The van der Waals surface area contributed by atoms with Crippen molar-refractivity contribution in [3.63, 3.8) is 0 Å². The first-order valence-corrected chi connectivity index (χ1v) is 4.86. The van der Waals surface area contributed by atoms with Gasteiger partial charge < -0.3 is 4.98 Å². The van der Waals surface area contributed by atoms with Crippen molar-refractivity contribution >= 4 is 40.0 Å². The van der Waals surface area contributed by atoms with Gasteiger partial charge in [-0.05, 0) is 6.07 Å². The molecule has 2 aromatic heterocycles. The lowest BCUT2D eigenvalue weighted by Gasteiger charge is -1.95. The smallest absolute Gasteiger partial charge is 0.179 e. The molecule has 0 radical (unpaired) electrons. The number of halogens is 2. The maximum atomic E-state index is 11.4. The quantitative estimate of drug-likeness (QED) is 0.635. The third-order valence-electron chi connectivity index (χ3n) is 1.94. The molecule has 14 heavy (non-hydrogen) atoms. The molecule has 2 rings (SSSR count). The molecule has 0 saturated heterocycles. The summed E-state index contributed by atoms with van der Waals surface area (Å²) in [5, 5.41) is 1.14. The Hall–Kier alpha value is -1.06.